The van der Waals surface area contributed by atoms with Crippen molar-refractivity contribution in [3.05, 3.63) is 212 Å². The number of nitrogens with zero attached hydrogens (tertiary/aromatic N) is 3. The standard InChI is InChI=1S/C52H35N3S/c1-4-15-38(16-5-1)53(43-28-27-36-33-52-48(32-37(36)31-43)47-24-11-13-26-51(47)56-52)41-21-14-22-42(34-41)54(39-17-6-2-7-18-39)44-29-30-46-45-23-10-12-25-49(45)55(50(46)35-44)40-19-8-3-9-20-40/h1-35H. The van der Waals surface area contributed by atoms with Gasteiger partial charge in [-0.2, -0.15) is 0 Å². The van der Waals surface area contributed by atoms with Crippen molar-refractivity contribution in [2.24, 2.45) is 0 Å². The van der Waals surface area contributed by atoms with Crippen molar-refractivity contribution >= 4 is 98.2 Å². The summed E-state index contributed by atoms with van der Waals surface area (Å²) >= 11 is 1.87. The molecule has 264 valence electrons. The lowest BCUT2D eigenvalue weighted by Gasteiger charge is -2.29. The van der Waals surface area contributed by atoms with Crippen LogP contribution in [0.15, 0.2) is 212 Å². The third kappa shape index (κ3) is 5.42. The number of thiophene rings is 1. The topological polar surface area (TPSA) is 11.4 Å². The van der Waals surface area contributed by atoms with Gasteiger partial charge in [0.05, 0.1) is 11.0 Å². The SMILES string of the molecule is c1ccc(N(c2cccc(N(c3ccccc3)c3ccc4c5ccccc5n(-c5ccccc5)c4c3)c2)c2ccc3cc4sc5ccccc5c4cc3c2)cc1. The lowest BCUT2D eigenvalue weighted by atomic mass is 10.0. The average Bonchev–Trinajstić information content (AvgIpc) is 3.79. The molecule has 0 fully saturated rings. The van der Waals surface area contributed by atoms with E-state index in [4.69, 9.17) is 0 Å². The summed E-state index contributed by atoms with van der Waals surface area (Å²) in [5.41, 5.74) is 10.1. The maximum absolute atomic E-state index is 2.39. The molecular weight excluding hydrogens is 699 g/mol. The molecule has 3 nitrogen and oxygen atoms in total. The molecule has 11 aromatic rings. The molecule has 0 atom stereocenters. The first-order valence-electron chi connectivity index (χ1n) is 19.0. The van der Waals surface area contributed by atoms with Gasteiger partial charge in [0.25, 0.3) is 0 Å². The number of anilines is 6. The summed E-state index contributed by atoms with van der Waals surface area (Å²) in [6.07, 6.45) is 0. The fourth-order valence-corrected chi connectivity index (χ4v) is 9.50. The number of hydrogen-bond acceptors (Lipinski definition) is 3. The average molecular weight is 734 g/mol. The van der Waals surface area contributed by atoms with E-state index in [1.165, 1.54) is 52.8 Å². The highest BCUT2D eigenvalue weighted by molar-refractivity contribution is 7.25. The normalized spacial score (nSPS) is 11.6. The van der Waals surface area contributed by atoms with Crippen molar-refractivity contribution < 1.29 is 0 Å². The van der Waals surface area contributed by atoms with Crippen LogP contribution in [-0.4, -0.2) is 4.57 Å². The lowest BCUT2D eigenvalue weighted by Crippen LogP contribution is -2.13. The second-order valence-corrected chi connectivity index (χ2v) is 15.3. The summed E-state index contributed by atoms with van der Waals surface area (Å²) in [5.74, 6) is 0. The number of hydrogen-bond donors (Lipinski definition) is 0. The predicted octanol–water partition coefficient (Wildman–Crippen LogP) is 15.2. The van der Waals surface area contributed by atoms with Crippen molar-refractivity contribution in [2.75, 3.05) is 9.80 Å². The fourth-order valence-electron chi connectivity index (χ4n) is 8.37. The van der Waals surface area contributed by atoms with Gasteiger partial charge in [-0.3, -0.25) is 0 Å². The van der Waals surface area contributed by atoms with Crippen LogP contribution in [0.4, 0.5) is 34.1 Å². The highest BCUT2D eigenvalue weighted by Crippen LogP contribution is 2.44. The molecule has 0 N–H and O–H groups in total. The van der Waals surface area contributed by atoms with Crippen molar-refractivity contribution in [3.63, 3.8) is 0 Å². The molecule has 0 aliphatic carbocycles. The summed E-state index contributed by atoms with van der Waals surface area (Å²) in [6, 6.07) is 76.9. The largest absolute Gasteiger partial charge is 0.310 e. The molecule has 0 spiro atoms. The van der Waals surface area contributed by atoms with Gasteiger partial charge in [-0.15, -0.1) is 11.3 Å². The second kappa shape index (κ2) is 13.3. The highest BCUT2D eigenvalue weighted by atomic mass is 32.1. The first kappa shape index (κ1) is 32.3. The molecule has 2 heterocycles. The van der Waals surface area contributed by atoms with Crippen LogP contribution in [0.25, 0.3) is 58.4 Å². The van der Waals surface area contributed by atoms with Gasteiger partial charge in [0.15, 0.2) is 0 Å². The molecule has 2 aromatic heterocycles. The van der Waals surface area contributed by atoms with Gasteiger partial charge in [0.2, 0.25) is 0 Å². The van der Waals surface area contributed by atoms with E-state index in [1.54, 1.807) is 0 Å². The molecule has 0 saturated heterocycles. The van der Waals surface area contributed by atoms with Crippen molar-refractivity contribution in [3.8, 4) is 5.69 Å². The minimum absolute atomic E-state index is 1.07. The van der Waals surface area contributed by atoms with Crippen LogP contribution in [0.5, 0.6) is 0 Å². The van der Waals surface area contributed by atoms with Crippen molar-refractivity contribution in [1.29, 1.82) is 0 Å². The fraction of sp³-hybridized carbons (Fsp3) is 0. The monoisotopic (exact) mass is 733 g/mol. The van der Waals surface area contributed by atoms with Crippen molar-refractivity contribution in [1.82, 2.24) is 4.57 Å². The quantitative estimate of drug-likeness (QED) is 0.162. The second-order valence-electron chi connectivity index (χ2n) is 14.2. The van der Waals surface area contributed by atoms with Gasteiger partial charge in [-0.25, -0.2) is 0 Å². The Labute approximate surface area is 329 Å². The number of fused-ring (bicyclic) bond motifs is 7. The first-order valence-corrected chi connectivity index (χ1v) is 19.8. The molecular formula is C52H35N3S. The number of aromatic nitrogens is 1. The van der Waals surface area contributed by atoms with Crippen LogP contribution in [0, 0.1) is 0 Å². The van der Waals surface area contributed by atoms with Gasteiger partial charge in [0, 0.05) is 70.8 Å². The van der Waals surface area contributed by atoms with E-state index in [1.807, 2.05) is 11.3 Å². The highest BCUT2D eigenvalue weighted by Gasteiger charge is 2.20. The molecule has 0 amide bonds. The number of benzene rings is 9. The van der Waals surface area contributed by atoms with E-state index in [-0.39, 0.29) is 0 Å². The molecule has 56 heavy (non-hydrogen) atoms. The zero-order chi connectivity index (χ0) is 37.0. The van der Waals surface area contributed by atoms with Gasteiger partial charge in [-0.1, -0.05) is 109 Å². The summed E-state index contributed by atoms with van der Waals surface area (Å²) in [7, 11) is 0. The molecule has 0 unspecified atom stereocenters. The molecule has 0 aliphatic heterocycles. The minimum Gasteiger partial charge on any atom is -0.310 e. The van der Waals surface area contributed by atoms with E-state index in [0.717, 1.165) is 39.8 Å². The predicted molar refractivity (Wildman–Crippen MR) is 241 cm³/mol. The summed E-state index contributed by atoms with van der Waals surface area (Å²) in [4.78, 5) is 4.75. The smallest absolute Gasteiger partial charge is 0.0561 e. The number of rotatable bonds is 7. The molecule has 9 aromatic carbocycles. The van der Waals surface area contributed by atoms with Gasteiger partial charge in [0.1, 0.15) is 0 Å². The van der Waals surface area contributed by atoms with Gasteiger partial charge < -0.3 is 14.4 Å². The van der Waals surface area contributed by atoms with Crippen LogP contribution >= 0.6 is 11.3 Å². The number of para-hydroxylation sites is 4. The summed E-state index contributed by atoms with van der Waals surface area (Å²) in [6.45, 7) is 0. The maximum atomic E-state index is 2.39. The van der Waals surface area contributed by atoms with Crippen LogP contribution < -0.4 is 9.80 Å². The van der Waals surface area contributed by atoms with Crippen LogP contribution in [0.1, 0.15) is 0 Å². The summed E-state index contributed by atoms with van der Waals surface area (Å²) in [5, 5.41) is 7.57. The zero-order valence-corrected chi connectivity index (χ0v) is 31.3. The van der Waals surface area contributed by atoms with Crippen LogP contribution in [0.3, 0.4) is 0 Å². The third-order valence-corrected chi connectivity index (χ3v) is 12.0. The Hall–Kier alpha value is -7.14. The van der Waals surface area contributed by atoms with E-state index in [9.17, 15) is 0 Å². The lowest BCUT2D eigenvalue weighted by molar-refractivity contribution is 1.18. The Kier molecular flexibility index (Phi) is 7.68. The van der Waals surface area contributed by atoms with E-state index >= 15 is 0 Å². The van der Waals surface area contributed by atoms with Gasteiger partial charge >= 0.3 is 0 Å². The van der Waals surface area contributed by atoms with E-state index < -0.39 is 0 Å². The Balaban J connectivity index is 1.08. The van der Waals surface area contributed by atoms with Crippen LogP contribution in [0.2, 0.25) is 0 Å². The molecule has 4 heteroatoms. The third-order valence-electron chi connectivity index (χ3n) is 10.9. The molecule has 0 radical (unpaired) electrons. The molecule has 0 bridgehead atoms. The molecule has 0 saturated carbocycles. The Morgan fingerprint density at radius 1 is 0.304 bits per heavy atom. The van der Waals surface area contributed by atoms with Gasteiger partial charge in [-0.05, 0) is 114 Å². The van der Waals surface area contributed by atoms with E-state index in [2.05, 4.69) is 227 Å². The van der Waals surface area contributed by atoms with E-state index in [0.29, 0.717) is 0 Å². The Morgan fingerprint density at radius 2 is 0.857 bits per heavy atom. The van der Waals surface area contributed by atoms with Crippen LogP contribution in [-0.2, 0) is 0 Å². The Bertz CT molecular complexity index is 3200. The summed E-state index contributed by atoms with van der Waals surface area (Å²) < 4.78 is 5.03. The maximum Gasteiger partial charge on any atom is 0.0561 e. The molecule has 11 rings (SSSR count). The molecule has 0 aliphatic rings. The minimum atomic E-state index is 1.07. The Morgan fingerprint density at radius 3 is 1.59 bits per heavy atom. The van der Waals surface area contributed by atoms with Crippen molar-refractivity contribution in [2.45, 2.75) is 0 Å². The first-order chi connectivity index (χ1) is 27.8. The zero-order valence-electron chi connectivity index (χ0n) is 30.5.